The van der Waals surface area contributed by atoms with Crippen molar-refractivity contribution >= 4 is 27.3 Å². The zero-order valence-corrected chi connectivity index (χ0v) is 9.89. The Labute approximate surface area is 102 Å². The minimum absolute atomic E-state index is 0.0535. The molecule has 2 rings (SSSR count). The predicted octanol–water partition coefficient (Wildman–Crippen LogP) is 2.15. The minimum atomic E-state index is -0.299. The lowest BCUT2D eigenvalue weighted by Crippen LogP contribution is -2.24. The van der Waals surface area contributed by atoms with Gasteiger partial charge in [0, 0.05) is 17.9 Å². The number of aliphatic hydroxyl groups is 1. The fourth-order valence-corrected chi connectivity index (χ4v) is 2.49. The molecule has 0 saturated carbocycles. The van der Waals surface area contributed by atoms with Crippen LogP contribution in [0.3, 0.4) is 0 Å². The molecule has 0 saturated heterocycles. The van der Waals surface area contributed by atoms with E-state index in [4.69, 9.17) is 5.11 Å². The average Bonchev–Trinajstić information content (AvgIpc) is 2.72. The molecule has 0 spiro atoms. The Morgan fingerprint density at radius 3 is 3.00 bits per heavy atom. The molecule has 0 unspecified atom stereocenters. The number of fused-ring (bicyclic) bond motifs is 1. The van der Waals surface area contributed by atoms with Crippen LogP contribution in [0, 0.1) is 5.82 Å². The summed E-state index contributed by atoms with van der Waals surface area (Å²) >= 11 is 1.26. The molecule has 0 atom stereocenters. The molecule has 3 nitrogen and oxygen atoms in total. The van der Waals surface area contributed by atoms with Gasteiger partial charge in [0.1, 0.15) is 5.82 Å². The highest BCUT2D eigenvalue weighted by Gasteiger charge is 2.09. The summed E-state index contributed by atoms with van der Waals surface area (Å²) in [6.07, 6.45) is 0.533. The molecule has 1 aromatic heterocycles. The largest absolute Gasteiger partial charge is 0.396 e. The normalized spacial score (nSPS) is 10.7. The van der Waals surface area contributed by atoms with E-state index in [1.807, 2.05) is 0 Å². The van der Waals surface area contributed by atoms with Gasteiger partial charge in [-0.05, 0) is 30.0 Å². The number of carbonyl (C=O) groups excluding carboxylic acids is 1. The molecule has 2 N–H and O–H groups in total. The van der Waals surface area contributed by atoms with Gasteiger partial charge in [-0.1, -0.05) is 6.07 Å². The summed E-state index contributed by atoms with van der Waals surface area (Å²) in [6, 6.07) is 6.20. The molecule has 1 aromatic carbocycles. The lowest BCUT2D eigenvalue weighted by Gasteiger charge is -2.00. The number of halogens is 1. The summed E-state index contributed by atoms with van der Waals surface area (Å²) in [5.74, 6) is -0.480. The molecular formula is C12H12FNO2S. The Hall–Kier alpha value is -1.46. The predicted molar refractivity (Wildman–Crippen MR) is 65.8 cm³/mol. The van der Waals surface area contributed by atoms with Crippen LogP contribution in [0.1, 0.15) is 16.1 Å². The van der Waals surface area contributed by atoms with Crippen molar-refractivity contribution in [3.05, 3.63) is 35.0 Å². The Morgan fingerprint density at radius 1 is 1.41 bits per heavy atom. The maximum absolute atomic E-state index is 13.0. The second kappa shape index (κ2) is 5.25. The Balaban J connectivity index is 2.15. The number of rotatable bonds is 4. The zero-order chi connectivity index (χ0) is 12.3. The van der Waals surface area contributed by atoms with E-state index in [-0.39, 0.29) is 18.3 Å². The fraction of sp³-hybridized carbons (Fsp3) is 0.250. The van der Waals surface area contributed by atoms with Gasteiger partial charge < -0.3 is 10.4 Å². The number of nitrogens with one attached hydrogen (secondary N) is 1. The van der Waals surface area contributed by atoms with Gasteiger partial charge in [-0.25, -0.2) is 4.39 Å². The van der Waals surface area contributed by atoms with Gasteiger partial charge in [0.05, 0.1) is 4.88 Å². The summed E-state index contributed by atoms with van der Waals surface area (Å²) in [4.78, 5) is 12.3. The molecule has 1 heterocycles. The van der Waals surface area contributed by atoms with Crippen molar-refractivity contribution in [2.75, 3.05) is 13.2 Å². The first kappa shape index (κ1) is 12.0. The van der Waals surface area contributed by atoms with Crippen molar-refractivity contribution in [3.8, 4) is 0 Å². The van der Waals surface area contributed by atoms with E-state index in [0.29, 0.717) is 17.8 Å². The van der Waals surface area contributed by atoms with Gasteiger partial charge in [-0.15, -0.1) is 11.3 Å². The van der Waals surface area contributed by atoms with E-state index in [9.17, 15) is 9.18 Å². The number of aliphatic hydroxyl groups excluding tert-OH is 1. The quantitative estimate of drug-likeness (QED) is 0.820. The second-order valence-corrected chi connectivity index (χ2v) is 4.71. The molecule has 1 amide bonds. The minimum Gasteiger partial charge on any atom is -0.396 e. The smallest absolute Gasteiger partial charge is 0.261 e. The van der Waals surface area contributed by atoms with Crippen molar-refractivity contribution < 1.29 is 14.3 Å². The van der Waals surface area contributed by atoms with Crippen LogP contribution >= 0.6 is 11.3 Å². The van der Waals surface area contributed by atoms with E-state index < -0.39 is 0 Å². The first-order valence-electron chi connectivity index (χ1n) is 5.29. The molecule has 5 heteroatoms. The molecule has 0 radical (unpaired) electrons. The Kier molecular flexibility index (Phi) is 3.71. The van der Waals surface area contributed by atoms with Crippen LogP contribution in [0.25, 0.3) is 10.1 Å². The van der Waals surface area contributed by atoms with Gasteiger partial charge in [0.25, 0.3) is 5.91 Å². The SMILES string of the molecule is O=C(NCCCO)c1cc2ccc(F)cc2s1. The van der Waals surface area contributed by atoms with Gasteiger partial charge in [-0.2, -0.15) is 0 Å². The van der Waals surface area contributed by atoms with E-state index in [1.54, 1.807) is 12.1 Å². The highest BCUT2D eigenvalue weighted by Crippen LogP contribution is 2.26. The summed E-state index contributed by atoms with van der Waals surface area (Å²) < 4.78 is 13.7. The van der Waals surface area contributed by atoms with Crippen molar-refractivity contribution in [2.45, 2.75) is 6.42 Å². The highest BCUT2D eigenvalue weighted by atomic mass is 32.1. The number of hydrogen-bond acceptors (Lipinski definition) is 3. The summed E-state index contributed by atoms with van der Waals surface area (Å²) in [5.41, 5.74) is 0. The standard InChI is InChI=1S/C12H12FNO2S/c13-9-3-2-8-6-11(17-10(8)7-9)12(16)14-4-1-5-15/h2-3,6-7,15H,1,4-5H2,(H,14,16). The third kappa shape index (κ3) is 2.81. The summed E-state index contributed by atoms with van der Waals surface area (Å²) in [7, 11) is 0. The first-order valence-corrected chi connectivity index (χ1v) is 6.10. The average molecular weight is 253 g/mol. The molecule has 0 bridgehead atoms. The van der Waals surface area contributed by atoms with E-state index >= 15 is 0 Å². The first-order chi connectivity index (χ1) is 8.20. The van der Waals surface area contributed by atoms with Crippen LogP contribution in [-0.2, 0) is 0 Å². The number of carbonyl (C=O) groups is 1. The van der Waals surface area contributed by atoms with Gasteiger partial charge in [0.2, 0.25) is 0 Å². The lowest BCUT2D eigenvalue weighted by molar-refractivity contribution is 0.0955. The second-order valence-electron chi connectivity index (χ2n) is 3.63. The molecular weight excluding hydrogens is 241 g/mol. The maximum atomic E-state index is 13.0. The van der Waals surface area contributed by atoms with Crippen LogP contribution in [0.5, 0.6) is 0 Å². The van der Waals surface area contributed by atoms with Crippen molar-refractivity contribution in [3.63, 3.8) is 0 Å². The number of amides is 1. The molecule has 0 aliphatic heterocycles. The van der Waals surface area contributed by atoms with E-state index in [2.05, 4.69) is 5.32 Å². The lowest BCUT2D eigenvalue weighted by atomic mass is 10.2. The van der Waals surface area contributed by atoms with Crippen LogP contribution in [0.15, 0.2) is 24.3 Å². The Morgan fingerprint density at radius 2 is 2.24 bits per heavy atom. The Bertz CT molecular complexity index is 538. The molecule has 2 aromatic rings. The molecule has 0 aliphatic carbocycles. The van der Waals surface area contributed by atoms with Gasteiger partial charge >= 0.3 is 0 Å². The number of thiophene rings is 1. The van der Waals surface area contributed by atoms with Crippen molar-refractivity contribution in [1.82, 2.24) is 5.32 Å². The summed E-state index contributed by atoms with van der Waals surface area (Å²) in [5, 5.41) is 12.2. The molecule has 0 fully saturated rings. The number of benzene rings is 1. The fourth-order valence-electron chi connectivity index (χ4n) is 1.48. The highest BCUT2D eigenvalue weighted by molar-refractivity contribution is 7.20. The third-order valence-corrected chi connectivity index (χ3v) is 3.42. The topological polar surface area (TPSA) is 49.3 Å². The van der Waals surface area contributed by atoms with Crippen molar-refractivity contribution in [2.24, 2.45) is 0 Å². The molecule has 90 valence electrons. The number of hydrogen-bond donors (Lipinski definition) is 2. The van der Waals surface area contributed by atoms with Gasteiger partial charge in [0.15, 0.2) is 0 Å². The molecule has 0 aliphatic rings. The zero-order valence-electron chi connectivity index (χ0n) is 9.07. The van der Waals surface area contributed by atoms with Crippen LogP contribution in [0.4, 0.5) is 4.39 Å². The van der Waals surface area contributed by atoms with E-state index in [1.165, 1.54) is 23.5 Å². The van der Waals surface area contributed by atoms with Crippen LogP contribution in [-0.4, -0.2) is 24.2 Å². The van der Waals surface area contributed by atoms with Gasteiger partial charge in [-0.3, -0.25) is 4.79 Å². The third-order valence-electron chi connectivity index (χ3n) is 2.33. The summed E-state index contributed by atoms with van der Waals surface area (Å²) in [6.45, 7) is 0.496. The maximum Gasteiger partial charge on any atom is 0.261 e. The molecule has 17 heavy (non-hydrogen) atoms. The van der Waals surface area contributed by atoms with Crippen LogP contribution < -0.4 is 5.32 Å². The van der Waals surface area contributed by atoms with Crippen LogP contribution in [0.2, 0.25) is 0 Å². The monoisotopic (exact) mass is 253 g/mol. The van der Waals surface area contributed by atoms with Crippen molar-refractivity contribution in [1.29, 1.82) is 0 Å². The van der Waals surface area contributed by atoms with E-state index in [0.717, 1.165) is 10.1 Å².